The second-order valence-corrected chi connectivity index (χ2v) is 4.79. The lowest BCUT2D eigenvalue weighted by Gasteiger charge is -2.15. The lowest BCUT2D eigenvalue weighted by Crippen LogP contribution is -2.37. The van der Waals surface area contributed by atoms with Crippen LogP contribution in [0.15, 0.2) is 28.7 Å². The van der Waals surface area contributed by atoms with Gasteiger partial charge >= 0.3 is 0 Å². The number of methoxy groups -OCH3 is 1. The van der Waals surface area contributed by atoms with Crippen LogP contribution in [0, 0.1) is 0 Å². The van der Waals surface area contributed by atoms with Gasteiger partial charge in [-0.15, -0.1) is 11.6 Å². The van der Waals surface area contributed by atoms with Gasteiger partial charge < -0.3 is 14.8 Å². The van der Waals surface area contributed by atoms with Gasteiger partial charge in [-0.2, -0.15) is 0 Å². The third-order valence-corrected chi connectivity index (χ3v) is 3.07. The van der Waals surface area contributed by atoms with Crippen molar-refractivity contribution in [1.29, 1.82) is 0 Å². The molecule has 17 heavy (non-hydrogen) atoms. The predicted molar refractivity (Wildman–Crippen MR) is 74.0 cm³/mol. The van der Waals surface area contributed by atoms with E-state index in [4.69, 9.17) is 21.1 Å². The molecule has 1 aromatic carbocycles. The molecule has 0 saturated carbocycles. The van der Waals surface area contributed by atoms with Gasteiger partial charge in [0.1, 0.15) is 12.4 Å². The zero-order chi connectivity index (χ0) is 12.5. The zero-order valence-electron chi connectivity index (χ0n) is 9.79. The number of rotatable bonds is 8. The average molecular weight is 323 g/mol. The molecule has 0 aromatic heterocycles. The van der Waals surface area contributed by atoms with Gasteiger partial charge in [0.2, 0.25) is 0 Å². The van der Waals surface area contributed by atoms with E-state index >= 15 is 0 Å². The molecule has 0 radical (unpaired) electrons. The van der Waals surface area contributed by atoms with Gasteiger partial charge in [-0.25, -0.2) is 0 Å². The minimum atomic E-state index is 0.176. The maximum absolute atomic E-state index is 5.77. The molecule has 0 spiro atoms. The summed E-state index contributed by atoms with van der Waals surface area (Å²) in [5, 5.41) is 3.26. The van der Waals surface area contributed by atoms with Crippen LogP contribution in [0.3, 0.4) is 0 Å². The average Bonchev–Trinajstić information content (AvgIpc) is 2.35. The van der Waals surface area contributed by atoms with Crippen LogP contribution in [0.1, 0.15) is 0 Å². The maximum Gasteiger partial charge on any atom is 0.119 e. The van der Waals surface area contributed by atoms with Crippen molar-refractivity contribution in [2.45, 2.75) is 6.04 Å². The Morgan fingerprint density at radius 3 is 2.65 bits per heavy atom. The van der Waals surface area contributed by atoms with Gasteiger partial charge in [0.25, 0.3) is 0 Å². The summed E-state index contributed by atoms with van der Waals surface area (Å²) in [4.78, 5) is 0. The Balaban J connectivity index is 2.17. The molecule has 96 valence electrons. The van der Waals surface area contributed by atoms with E-state index < -0.39 is 0 Å². The summed E-state index contributed by atoms with van der Waals surface area (Å²) in [7, 11) is 1.67. The van der Waals surface area contributed by atoms with Crippen LogP contribution in [-0.2, 0) is 4.74 Å². The fraction of sp³-hybridized carbons (Fsp3) is 0.500. The normalized spacial score (nSPS) is 12.4. The first-order valence-corrected chi connectivity index (χ1v) is 6.75. The van der Waals surface area contributed by atoms with E-state index in [-0.39, 0.29) is 6.04 Å². The molecule has 1 rings (SSSR count). The largest absolute Gasteiger partial charge is 0.492 e. The summed E-state index contributed by atoms with van der Waals surface area (Å²) in [5.41, 5.74) is 0. The van der Waals surface area contributed by atoms with Crippen LogP contribution in [0.5, 0.6) is 5.75 Å². The smallest absolute Gasteiger partial charge is 0.119 e. The van der Waals surface area contributed by atoms with Crippen molar-refractivity contribution in [2.24, 2.45) is 0 Å². The molecule has 0 heterocycles. The van der Waals surface area contributed by atoms with Crippen molar-refractivity contribution in [1.82, 2.24) is 5.32 Å². The Kier molecular flexibility index (Phi) is 7.60. The molecule has 3 nitrogen and oxygen atoms in total. The molecule has 1 N–H and O–H groups in total. The van der Waals surface area contributed by atoms with Crippen LogP contribution in [-0.4, -0.2) is 38.8 Å². The molecular formula is C12H17BrClNO2. The minimum absolute atomic E-state index is 0.176. The number of nitrogens with one attached hydrogen (secondary N) is 1. The monoisotopic (exact) mass is 321 g/mol. The fourth-order valence-electron chi connectivity index (χ4n) is 1.32. The molecule has 0 bridgehead atoms. The van der Waals surface area contributed by atoms with Crippen molar-refractivity contribution in [2.75, 3.05) is 32.7 Å². The quantitative estimate of drug-likeness (QED) is 0.589. The molecule has 0 aliphatic rings. The summed E-state index contributed by atoms with van der Waals surface area (Å²) < 4.78 is 11.6. The third-order valence-electron chi connectivity index (χ3n) is 2.17. The first-order valence-electron chi connectivity index (χ1n) is 5.43. The van der Waals surface area contributed by atoms with Crippen LogP contribution >= 0.6 is 27.5 Å². The highest BCUT2D eigenvalue weighted by Crippen LogP contribution is 2.15. The molecule has 0 saturated heterocycles. The van der Waals surface area contributed by atoms with Crippen LogP contribution < -0.4 is 10.1 Å². The lowest BCUT2D eigenvalue weighted by molar-refractivity contribution is 0.170. The second kappa shape index (κ2) is 8.75. The summed E-state index contributed by atoms with van der Waals surface area (Å²) in [6.07, 6.45) is 0. The third kappa shape index (κ3) is 6.27. The van der Waals surface area contributed by atoms with Crippen LogP contribution in [0.2, 0.25) is 0 Å². The number of ether oxygens (including phenoxy) is 2. The summed E-state index contributed by atoms with van der Waals surface area (Å²) in [6, 6.07) is 7.94. The van der Waals surface area contributed by atoms with E-state index in [1.54, 1.807) is 7.11 Å². The van der Waals surface area contributed by atoms with Gasteiger partial charge in [0.15, 0.2) is 0 Å². The van der Waals surface area contributed by atoms with Crippen molar-refractivity contribution in [3.8, 4) is 5.75 Å². The second-order valence-electron chi connectivity index (χ2n) is 3.56. The highest BCUT2D eigenvalue weighted by Gasteiger charge is 2.04. The van der Waals surface area contributed by atoms with Crippen molar-refractivity contribution >= 4 is 27.5 Å². The van der Waals surface area contributed by atoms with E-state index in [1.807, 2.05) is 24.3 Å². The molecular weight excluding hydrogens is 305 g/mol. The van der Waals surface area contributed by atoms with Crippen LogP contribution in [0.4, 0.5) is 0 Å². The minimum Gasteiger partial charge on any atom is -0.492 e. The number of benzene rings is 1. The van der Waals surface area contributed by atoms with Gasteiger partial charge in [-0.3, -0.25) is 0 Å². The van der Waals surface area contributed by atoms with E-state index in [9.17, 15) is 0 Å². The number of halogens is 2. The Labute approximate surface area is 116 Å². The van der Waals surface area contributed by atoms with Gasteiger partial charge in [0, 0.05) is 30.0 Å². The molecule has 1 unspecified atom stereocenters. The zero-order valence-corrected chi connectivity index (χ0v) is 12.1. The van der Waals surface area contributed by atoms with Crippen molar-refractivity contribution < 1.29 is 9.47 Å². The first kappa shape index (κ1) is 14.8. The summed E-state index contributed by atoms with van der Waals surface area (Å²) >= 11 is 9.15. The number of hydrogen-bond donors (Lipinski definition) is 1. The molecule has 0 amide bonds. The number of hydrogen-bond acceptors (Lipinski definition) is 3. The molecule has 1 atom stereocenters. The predicted octanol–water partition coefficient (Wildman–Crippen LogP) is 2.67. The topological polar surface area (TPSA) is 30.5 Å². The Hall–Kier alpha value is -0.290. The fourth-order valence-corrected chi connectivity index (χ4v) is 1.78. The van der Waals surface area contributed by atoms with E-state index in [2.05, 4.69) is 21.2 Å². The number of alkyl halides is 1. The molecule has 0 aliphatic heterocycles. The van der Waals surface area contributed by atoms with E-state index in [0.717, 1.165) is 16.8 Å². The lowest BCUT2D eigenvalue weighted by atomic mass is 10.3. The molecule has 0 fully saturated rings. The SMILES string of the molecule is COCC(CCl)NCCOc1ccc(Br)cc1. The highest BCUT2D eigenvalue weighted by molar-refractivity contribution is 9.10. The standard InChI is InChI=1S/C12H17BrClNO2/c1-16-9-11(8-14)15-6-7-17-12-4-2-10(13)3-5-12/h2-5,11,15H,6-9H2,1H3. The van der Waals surface area contributed by atoms with Crippen LogP contribution in [0.25, 0.3) is 0 Å². The van der Waals surface area contributed by atoms with Gasteiger partial charge in [-0.1, -0.05) is 15.9 Å². The Morgan fingerprint density at radius 2 is 2.06 bits per heavy atom. The van der Waals surface area contributed by atoms with Crippen molar-refractivity contribution in [3.05, 3.63) is 28.7 Å². The Bertz CT molecular complexity index is 308. The van der Waals surface area contributed by atoms with Crippen molar-refractivity contribution in [3.63, 3.8) is 0 Å². The maximum atomic E-state index is 5.77. The summed E-state index contributed by atoms with van der Waals surface area (Å²) in [5.74, 6) is 1.40. The molecule has 5 heteroatoms. The van der Waals surface area contributed by atoms with Gasteiger partial charge in [0.05, 0.1) is 6.61 Å². The summed E-state index contributed by atoms with van der Waals surface area (Å²) in [6.45, 7) is 1.97. The highest BCUT2D eigenvalue weighted by atomic mass is 79.9. The molecule has 0 aliphatic carbocycles. The first-order chi connectivity index (χ1) is 8.26. The van der Waals surface area contributed by atoms with E-state index in [0.29, 0.717) is 19.1 Å². The van der Waals surface area contributed by atoms with Gasteiger partial charge in [-0.05, 0) is 24.3 Å². The Morgan fingerprint density at radius 1 is 1.35 bits per heavy atom. The van der Waals surface area contributed by atoms with E-state index in [1.165, 1.54) is 0 Å². The molecule has 1 aromatic rings.